The Balaban J connectivity index is 1.16. The Morgan fingerprint density at radius 1 is 0.800 bits per heavy atom. The van der Waals surface area contributed by atoms with Gasteiger partial charge in [-0.15, -0.1) is 0 Å². The van der Waals surface area contributed by atoms with E-state index in [0.29, 0.717) is 26.2 Å². The van der Waals surface area contributed by atoms with Gasteiger partial charge in [-0.3, -0.25) is 9.05 Å². The first-order valence-corrected chi connectivity index (χ1v) is 18.7. The lowest BCUT2D eigenvalue weighted by molar-refractivity contribution is -0.0750. The van der Waals surface area contributed by atoms with E-state index < -0.39 is 25.2 Å². The third-order valence-corrected chi connectivity index (χ3v) is 10.2. The van der Waals surface area contributed by atoms with Gasteiger partial charge in [0.25, 0.3) is 0 Å². The summed E-state index contributed by atoms with van der Waals surface area (Å²) in [5, 5.41) is 3.14. The number of methoxy groups -OCH3 is 1. The summed E-state index contributed by atoms with van der Waals surface area (Å²) in [7, 11) is -2.10. The molecule has 10 heteroatoms. The molecule has 5 rings (SSSR count). The molecule has 0 amide bonds. The molecule has 4 aromatic rings. The zero-order valence-corrected chi connectivity index (χ0v) is 30.6. The summed E-state index contributed by atoms with van der Waals surface area (Å²) in [6.45, 7) is 8.85. The van der Waals surface area contributed by atoms with Gasteiger partial charge in [0.1, 0.15) is 17.5 Å². The molecule has 0 aliphatic carbocycles. The van der Waals surface area contributed by atoms with Crippen LogP contribution in [-0.4, -0.2) is 57.9 Å². The van der Waals surface area contributed by atoms with Gasteiger partial charge in [-0.2, -0.15) is 0 Å². The summed E-state index contributed by atoms with van der Waals surface area (Å²) in [6, 6.07) is 38.0. The minimum atomic E-state index is -3.73. The molecule has 1 aliphatic heterocycles. The predicted molar refractivity (Wildman–Crippen MR) is 194 cm³/mol. The van der Waals surface area contributed by atoms with E-state index in [1.165, 1.54) is 0 Å². The van der Waals surface area contributed by atoms with Crippen LogP contribution in [0.1, 0.15) is 62.7 Å². The fourth-order valence-electron chi connectivity index (χ4n) is 5.84. The van der Waals surface area contributed by atoms with Crippen molar-refractivity contribution < 1.29 is 37.3 Å². The highest BCUT2D eigenvalue weighted by atomic mass is 31.2. The third kappa shape index (κ3) is 10.3. The van der Waals surface area contributed by atoms with Gasteiger partial charge >= 0.3 is 7.75 Å². The van der Waals surface area contributed by atoms with Crippen molar-refractivity contribution in [2.45, 2.75) is 63.8 Å². The molecule has 0 saturated carbocycles. The van der Waals surface area contributed by atoms with E-state index in [9.17, 15) is 4.57 Å². The van der Waals surface area contributed by atoms with Crippen molar-refractivity contribution in [1.29, 1.82) is 0 Å². The highest BCUT2D eigenvalue weighted by Gasteiger charge is 2.38. The van der Waals surface area contributed by atoms with Crippen molar-refractivity contribution in [2.24, 2.45) is 0 Å². The molecule has 0 radical (unpaired) electrons. The first-order chi connectivity index (χ1) is 24.1. The van der Waals surface area contributed by atoms with Crippen LogP contribution in [0.15, 0.2) is 115 Å². The van der Waals surface area contributed by atoms with Gasteiger partial charge in [-0.1, -0.05) is 103 Å². The number of hydrogen-bond acceptors (Lipinski definition) is 8. The van der Waals surface area contributed by atoms with E-state index in [2.05, 4.69) is 41.5 Å². The smallest absolute Gasteiger partial charge is 0.406 e. The highest BCUT2D eigenvalue weighted by Crippen LogP contribution is 2.48. The molecule has 0 bridgehead atoms. The first kappa shape index (κ1) is 37.9. The molecular formula is C40H50NO8P. The lowest BCUT2D eigenvalue weighted by atomic mass is 9.80. The molecule has 1 N–H and O–H groups in total. The quantitative estimate of drug-likeness (QED) is 0.0623. The standard InChI is InChI=1S/C40H50NO8P/c1-31(25-26-46-40(33-15-9-6-10-16-33,34-17-11-7-12-18-34)35-19-13-8-14-20-35)41-50(42,49-39(2,3)4)47-28-27-44-29-37-30-45-38(48-37)32-21-23-36(43-5)24-22-32/h6-24,31,37-38H,25-30H2,1-5H3,(H,41,42). The lowest BCUT2D eigenvalue weighted by Gasteiger charge is -2.36. The van der Waals surface area contributed by atoms with Gasteiger partial charge in [0.05, 0.1) is 45.7 Å². The van der Waals surface area contributed by atoms with Gasteiger partial charge in [0, 0.05) is 11.6 Å². The molecule has 9 nitrogen and oxygen atoms in total. The zero-order valence-electron chi connectivity index (χ0n) is 29.7. The maximum Gasteiger partial charge on any atom is 0.406 e. The van der Waals surface area contributed by atoms with Crippen molar-refractivity contribution in [3.8, 4) is 5.75 Å². The summed E-state index contributed by atoms with van der Waals surface area (Å²) in [5.74, 6) is 0.771. The van der Waals surface area contributed by atoms with Crippen LogP contribution in [0.5, 0.6) is 5.75 Å². The molecule has 1 fully saturated rings. The van der Waals surface area contributed by atoms with Gasteiger partial charge in [-0.05, 0) is 62.9 Å². The minimum absolute atomic E-state index is 0.0677. The second-order valence-corrected chi connectivity index (χ2v) is 14.9. The van der Waals surface area contributed by atoms with Crippen LogP contribution in [0.3, 0.4) is 0 Å². The van der Waals surface area contributed by atoms with Crippen molar-refractivity contribution >= 4 is 7.75 Å². The molecule has 4 aromatic carbocycles. The molecule has 1 heterocycles. The largest absolute Gasteiger partial charge is 0.497 e. The Bertz CT molecular complexity index is 1520. The minimum Gasteiger partial charge on any atom is -0.497 e. The van der Waals surface area contributed by atoms with Gasteiger partial charge in [0.2, 0.25) is 0 Å². The van der Waals surface area contributed by atoms with E-state index >= 15 is 0 Å². The van der Waals surface area contributed by atoms with E-state index in [-0.39, 0.29) is 25.4 Å². The maximum absolute atomic E-state index is 14.0. The number of ether oxygens (including phenoxy) is 5. The van der Waals surface area contributed by atoms with Crippen LogP contribution in [-0.2, 0) is 38.2 Å². The molecule has 50 heavy (non-hydrogen) atoms. The molecule has 0 spiro atoms. The summed E-state index contributed by atoms with van der Waals surface area (Å²) < 4.78 is 55.7. The van der Waals surface area contributed by atoms with E-state index in [1.54, 1.807) is 7.11 Å². The molecule has 268 valence electrons. The molecule has 1 saturated heterocycles. The topological polar surface area (TPSA) is 93.7 Å². The Labute approximate surface area is 296 Å². The van der Waals surface area contributed by atoms with Gasteiger partial charge in [-0.25, -0.2) is 9.65 Å². The third-order valence-electron chi connectivity index (χ3n) is 8.11. The van der Waals surface area contributed by atoms with Crippen LogP contribution in [0.25, 0.3) is 0 Å². The highest BCUT2D eigenvalue weighted by molar-refractivity contribution is 7.51. The van der Waals surface area contributed by atoms with Crippen LogP contribution >= 0.6 is 7.75 Å². The number of nitrogens with one attached hydrogen (secondary N) is 1. The van der Waals surface area contributed by atoms with Crippen molar-refractivity contribution in [2.75, 3.05) is 40.1 Å². The van der Waals surface area contributed by atoms with Gasteiger partial charge < -0.3 is 23.7 Å². The summed E-state index contributed by atoms with van der Waals surface area (Å²) in [4.78, 5) is 0. The Morgan fingerprint density at radius 2 is 1.36 bits per heavy atom. The lowest BCUT2D eigenvalue weighted by Crippen LogP contribution is -2.35. The second kappa shape index (κ2) is 17.7. The SMILES string of the molecule is COc1ccc(C2OCC(COCCOP(=O)(NC(C)CCOC(c3ccccc3)(c3ccccc3)c3ccccc3)OC(C)(C)C)O2)cc1. The van der Waals surface area contributed by atoms with Crippen molar-refractivity contribution in [1.82, 2.24) is 5.09 Å². The predicted octanol–water partition coefficient (Wildman–Crippen LogP) is 8.44. The fourth-order valence-corrected chi connectivity index (χ4v) is 7.73. The Hall–Kier alpha value is -3.37. The second-order valence-electron chi connectivity index (χ2n) is 13.3. The van der Waals surface area contributed by atoms with E-state index in [0.717, 1.165) is 28.0 Å². The summed E-state index contributed by atoms with van der Waals surface area (Å²) in [5.41, 5.74) is 2.42. The van der Waals surface area contributed by atoms with E-state index in [1.807, 2.05) is 107 Å². The maximum atomic E-state index is 14.0. The van der Waals surface area contributed by atoms with E-state index in [4.69, 9.17) is 32.7 Å². The van der Waals surface area contributed by atoms with Crippen molar-refractivity contribution in [3.05, 3.63) is 138 Å². The fraction of sp³-hybridized carbons (Fsp3) is 0.400. The Kier molecular flexibility index (Phi) is 13.4. The normalized spacial score (nSPS) is 18.4. The molecule has 4 atom stereocenters. The number of hydrogen-bond donors (Lipinski definition) is 1. The zero-order chi connectivity index (χ0) is 35.5. The van der Waals surface area contributed by atoms with Crippen LogP contribution in [0, 0.1) is 0 Å². The number of benzene rings is 4. The summed E-state index contributed by atoms with van der Waals surface area (Å²) in [6.07, 6.45) is -0.147. The van der Waals surface area contributed by atoms with Crippen LogP contribution in [0.4, 0.5) is 0 Å². The molecule has 1 aliphatic rings. The van der Waals surface area contributed by atoms with Crippen molar-refractivity contribution in [3.63, 3.8) is 0 Å². The van der Waals surface area contributed by atoms with Gasteiger partial charge in [0.15, 0.2) is 6.29 Å². The summed E-state index contributed by atoms with van der Waals surface area (Å²) >= 11 is 0. The Morgan fingerprint density at radius 3 is 1.88 bits per heavy atom. The van der Waals surface area contributed by atoms with Crippen LogP contribution < -0.4 is 9.82 Å². The monoisotopic (exact) mass is 703 g/mol. The number of rotatable bonds is 18. The van der Waals surface area contributed by atoms with Crippen LogP contribution in [0.2, 0.25) is 0 Å². The molecule has 4 unspecified atom stereocenters. The average Bonchev–Trinajstić information content (AvgIpc) is 3.59. The molecular weight excluding hydrogens is 653 g/mol. The average molecular weight is 704 g/mol. The first-order valence-electron chi connectivity index (χ1n) is 17.1. The molecule has 0 aromatic heterocycles.